The minimum absolute atomic E-state index is 0.100. The quantitative estimate of drug-likeness (QED) is 0.610. The zero-order valence-electron chi connectivity index (χ0n) is 16.4. The Morgan fingerprint density at radius 2 is 2.03 bits per heavy atom. The molecule has 2 bridgehead atoms. The molecule has 156 valence electrons. The molecule has 2 saturated heterocycles. The molecule has 0 saturated carbocycles. The van der Waals surface area contributed by atoms with Crippen LogP contribution in [0.15, 0.2) is 36.8 Å². The molecule has 4 atom stereocenters. The third kappa shape index (κ3) is 3.19. The molecule has 7 nitrogen and oxygen atoms in total. The third-order valence-electron chi connectivity index (χ3n) is 6.20. The van der Waals surface area contributed by atoms with Gasteiger partial charge in [-0.1, -0.05) is 0 Å². The maximum absolute atomic E-state index is 14.8. The first kappa shape index (κ1) is 18.9. The fourth-order valence-electron chi connectivity index (χ4n) is 4.54. The lowest BCUT2D eigenvalue weighted by Gasteiger charge is -2.38. The van der Waals surface area contributed by atoms with Crippen molar-refractivity contribution in [2.24, 2.45) is 0 Å². The van der Waals surface area contributed by atoms with Gasteiger partial charge in [-0.05, 0) is 37.5 Å². The van der Waals surface area contributed by atoms with Crippen molar-refractivity contribution in [2.45, 2.75) is 43.6 Å². The Bertz CT molecular complexity index is 1040. The van der Waals surface area contributed by atoms with Crippen LogP contribution in [0.2, 0.25) is 0 Å². The van der Waals surface area contributed by atoms with Crippen molar-refractivity contribution in [3.63, 3.8) is 0 Å². The van der Waals surface area contributed by atoms with E-state index in [0.717, 1.165) is 19.3 Å². The molecule has 3 aromatic rings. The van der Waals surface area contributed by atoms with Crippen molar-refractivity contribution >= 4 is 5.82 Å². The molecule has 5 rings (SSSR count). The third-order valence-corrected chi connectivity index (χ3v) is 6.20. The van der Waals surface area contributed by atoms with Gasteiger partial charge in [-0.2, -0.15) is 5.10 Å². The molecule has 30 heavy (non-hydrogen) atoms. The Balaban J connectivity index is 1.39. The van der Waals surface area contributed by atoms with Gasteiger partial charge in [0, 0.05) is 36.5 Å². The number of hydrogen-bond acceptors (Lipinski definition) is 6. The Morgan fingerprint density at radius 1 is 1.17 bits per heavy atom. The van der Waals surface area contributed by atoms with E-state index in [1.54, 1.807) is 6.07 Å². The van der Waals surface area contributed by atoms with Crippen LogP contribution in [0.25, 0.3) is 22.5 Å². The summed E-state index contributed by atoms with van der Waals surface area (Å²) in [6.45, 7) is 0. The van der Waals surface area contributed by atoms with Crippen molar-refractivity contribution < 1.29 is 13.9 Å². The number of aromatic hydroxyl groups is 1. The van der Waals surface area contributed by atoms with Crippen LogP contribution in [0, 0.1) is 5.82 Å². The topological polar surface area (TPSA) is 90.0 Å². The molecule has 1 aromatic carbocycles. The van der Waals surface area contributed by atoms with Gasteiger partial charge >= 0.3 is 0 Å². The average Bonchev–Trinajstić information content (AvgIpc) is 3.42. The fourth-order valence-corrected chi connectivity index (χ4v) is 4.54. The summed E-state index contributed by atoms with van der Waals surface area (Å²) in [5.41, 5.74) is 1.25. The summed E-state index contributed by atoms with van der Waals surface area (Å²) in [6, 6.07) is 4.15. The number of phenolic OH excluding ortho intramolecular Hbond substituents is 1. The number of nitrogens with zero attached hydrogens (tertiary/aromatic N) is 4. The van der Waals surface area contributed by atoms with E-state index < -0.39 is 12.0 Å². The number of rotatable bonds is 4. The number of halogens is 2. The molecule has 2 aliphatic heterocycles. The summed E-state index contributed by atoms with van der Waals surface area (Å²) in [5.74, 6) is -0.0857. The van der Waals surface area contributed by atoms with Crippen LogP contribution in [0.3, 0.4) is 0 Å². The van der Waals surface area contributed by atoms with Crippen molar-refractivity contribution in [3.8, 4) is 28.3 Å². The second kappa shape index (κ2) is 7.32. The second-order valence-corrected chi connectivity index (χ2v) is 7.99. The summed E-state index contributed by atoms with van der Waals surface area (Å²) in [4.78, 5) is 10.6. The minimum Gasteiger partial charge on any atom is -0.507 e. The Labute approximate surface area is 172 Å². The van der Waals surface area contributed by atoms with Crippen LogP contribution in [-0.4, -0.2) is 56.6 Å². The first-order chi connectivity index (χ1) is 14.5. The van der Waals surface area contributed by atoms with Crippen molar-refractivity contribution in [1.82, 2.24) is 25.5 Å². The minimum atomic E-state index is -0.969. The molecule has 0 spiro atoms. The molecule has 2 aromatic heterocycles. The van der Waals surface area contributed by atoms with E-state index in [9.17, 15) is 13.9 Å². The van der Waals surface area contributed by atoms with Crippen LogP contribution < -0.4 is 10.2 Å². The molecule has 0 radical (unpaired) electrons. The molecule has 9 heteroatoms. The number of fused-ring (bicyclic) bond motifs is 2. The van der Waals surface area contributed by atoms with Crippen molar-refractivity contribution in [2.75, 3.05) is 11.9 Å². The lowest BCUT2D eigenvalue weighted by Crippen LogP contribution is -2.55. The van der Waals surface area contributed by atoms with Gasteiger partial charge in [0.25, 0.3) is 0 Å². The van der Waals surface area contributed by atoms with Crippen molar-refractivity contribution in [1.29, 1.82) is 0 Å². The van der Waals surface area contributed by atoms with Crippen LogP contribution in [0.5, 0.6) is 5.75 Å². The van der Waals surface area contributed by atoms with Gasteiger partial charge in [-0.15, -0.1) is 0 Å². The van der Waals surface area contributed by atoms with E-state index in [-0.39, 0.29) is 29.0 Å². The number of phenols is 1. The van der Waals surface area contributed by atoms with E-state index in [1.165, 1.54) is 30.7 Å². The largest absolute Gasteiger partial charge is 0.507 e. The predicted molar refractivity (Wildman–Crippen MR) is 108 cm³/mol. The molecule has 2 fully saturated rings. The SMILES string of the molecule is CN(c1cnc(-c2cc(F)c(-c3ccn[nH]3)cc2O)cn1)[C@@H]1CC2CCC(N2)[C@@H]1F. The number of nitrogens with one attached hydrogen (secondary N) is 2. The number of aromatic amines is 1. The van der Waals surface area contributed by atoms with Gasteiger partial charge in [0.15, 0.2) is 0 Å². The lowest BCUT2D eigenvalue weighted by molar-refractivity contribution is 0.176. The van der Waals surface area contributed by atoms with E-state index in [1.807, 2.05) is 11.9 Å². The van der Waals surface area contributed by atoms with E-state index >= 15 is 0 Å². The van der Waals surface area contributed by atoms with Crippen LogP contribution in [0.4, 0.5) is 14.6 Å². The summed E-state index contributed by atoms with van der Waals surface area (Å²) in [7, 11) is 1.82. The van der Waals surface area contributed by atoms with Crippen molar-refractivity contribution in [3.05, 3.63) is 42.6 Å². The fraction of sp³-hybridized carbons (Fsp3) is 0.381. The average molecular weight is 412 g/mol. The van der Waals surface area contributed by atoms with Gasteiger partial charge in [0.05, 0.1) is 29.8 Å². The normalized spacial score (nSPS) is 25.4. The van der Waals surface area contributed by atoms with Gasteiger partial charge in [0.2, 0.25) is 0 Å². The highest BCUT2D eigenvalue weighted by atomic mass is 19.1. The molecule has 4 heterocycles. The Morgan fingerprint density at radius 3 is 2.77 bits per heavy atom. The van der Waals surface area contributed by atoms with Gasteiger partial charge in [-0.25, -0.2) is 13.8 Å². The molecule has 0 amide bonds. The standard InChI is InChI=1S/C21H22F2N6O/c1-29(18-6-11-2-3-16(27-11)21(18)23)20-10-24-17(9-25-20)13-7-14(22)12(8-19(13)30)15-4-5-26-28-15/h4-5,7-11,16,18,21,27,30H,2-3,6H2,1H3,(H,26,28)/t11?,16?,18-,21+/m1/s1. The summed E-state index contributed by atoms with van der Waals surface area (Å²) < 4.78 is 29.4. The zero-order valence-corrected chi connectivity index (χ0v) is 16.4. The smallest absolute Gasteiger partial charge is 0.147 e. The maximum atomic E-state index is 14.8. The predicted octanol–water partition coefficient (Wildman–Crippen LogP) is 3.05. The van der Waals surface area contributed by atoms with E-state index in [4.69, 9.17) is 0 Å². The second-order valence-electron chi connectivity index (χ2n) is 7.99. The monoisotopic (exact) mass is 412 g/mol. The molecule has 2 unspecified atom stereocenters. The van der Waals surface area contributed by atoms with Gasteiger partial charge < -0.3 is 15.3 Å². The van der Waals surface area contributed by atoms with E-state index in [0.29, 0.717) is 23.2 Å². The highest BCUT2D eigenvalue weighted by Crippen LogP contribution is 2.35. The number of piperidine rings is 1. The Hall–Kier alpha value is -3.07. The van der Waals surface area contributed by atoms with Gasteiger partial charge in [-0.3, -0.25) is 10.1 Å². The Kier molecular flexibility index (Phi) is 4.62. The van der Waals surface area contributed by atoms with Crippen LogP contribution in [0.1, 0.15) is 19.3 Å². The summed E-state index contributed by atoms with van der Waals surface area (Å²) >= 11 is 0. The van der Waals surface area contributed by atoms with Crippen LogP contribution >= 0.6 is 0 Å². The number of hydrogen-bond donors (Lipinski definition) is 3. The number of aromatic nitrogens is 4. The molecule has 3 N–H and O–H groups in total. The van der Waals surface area contributed by atoms with Crippen LogP contribution in [-0.2, 0) is 0 Å². The number of alkyl halides is 1. The number of anilines is 1. The van der Waals surface area contributed by atoms with Gasteiger partial charge in [0.1, 0.15) is 23.6 Å². The summed E-state index contributed by atoms with van der Waals surface area (Å²) in [6.07, 6.45) is 6.13. The maximum Gasteiger partial charge on any atom is 0.147 e. The lowest BCUT2D eigenvalue weighted by atomic mass is 9.96. The molecular weight excluding hydrogens is 390 g/mol. The zero-order chi connectivity index (χ0) is 20.8. The number of H-pyrrole nitrogens is 1. The highest BCUT2D eigenvalue weighted by Gasteiger charge is 2.43. The molecular formula is C21H22F2N6O. The summed E-state index contributed by atoms with van der Waals surface area (Å²) in [5, 5.41) is 20.2. The first-order valence-corrected chi connectivity index (χ1v) is 9.99. The highest BCUT2D eigenvalue weighted by molar-refractivity contribution is 5.73. The van der Waals surface area contributed by atoms with E-state index in [2.05, 4.69) is 25.5 Å². The number of benzene rings is 1. The molecule has 2 aliphatic rings. The first-order valence-electron chi connectivity index (χ1n) is 9.99. The molecule has 0 aliphatic carbocycles.